The summed E-state index contributed by atoms with van der Waals surface area (Å²) in [6.07, 6.45) is 5.06. The van der Waals surface area contributed by atoms with Gasteiger partial charge in [0.15, 0.2) is 0 Å². The van der Waals surface area contributed by atoms with E-state index in [1.165, 1.54) is 43.4 Å². The number of benzene rings is 1. The van der Waals surface area contributed by atoms with Gasteiger partial charge in [-0.05, 0) is 55.5 Å². The highest BCUT2D eigenvalue weighted by molar-refractivity contribution is 5.44. The molecule has 1 aromatic rings. The highest BCUT2D eigenvalue weighted by Gasteiger charge is 2.40. The molecule has 1 heterocycles. The molecular weight excluding hydrogens is 186 g/mol. The minimum Gasteiger partial charge on any atom is -0.497 e. The first-order valence-electron chi connectivity index (χ1n) is 5.76. The van der Waals surface area contributed by atoms with Gasteiger partial charge < -0.3 is 10.1 Å². The second kappa shape index (κ2) is 3.24. The zero-order valence-electron chi connectivity index (χ0n) is 9.18. The molecule has 0 bridgehead atoms. The Labute approximate surface area is 90.6 Å². The van der Waals surface area contributed by atoms with Gasteiger partial charge >= 0.3 is 0 Å². The third-order valence-corrected chi connectivity index (χ3v) is 3.89. The Morgan fingerprint density at radius 2 is 2.27 bits per heavy atom. The molecular formula is C13H17NO. The first-order valence-corrected chi connectivity index (χ1v) is 5.76. The first-order chi connectivity index (χ1) is 7.34. The molecule has 0 amide bonds. The molecule has 2 aliphatic rings. The van der Waals surface area contributed by atoms with Crippen molar-refractivity contribution in [3.8, 4) is 5.75 Å². The van der Waals surface area contributed by atoms with Crippen LogP contribution >= 0.6 is 0 Å². The van der Waals surface area contributed by atoms with Crippen molar-refractivity contribution >= 4 is 0 Å². The molecule has 1 fully saturated rings. The van der Waals surface area contributed by atoms with Crippen LogP contribution in [0, 0.1) is 0 Å². The quantitative estimate of drug-likeness (QED) is 0.755. The molecule has 15 heavy (non-hydrogen) atoms. The molecule has 80 valence electrons. The third-order valence-electron chi connectivity index (χ3n) is 3.89. The van der Waals surface area contributed by atoms with E-state index in [1.807, 2.05) is 0 Å². The molecule has 0 aromatic heterocycles. The molecule has 1 aliphatic heterocycles. The molecule has 2 heteroatoms. The van der Waals surface area contributed by atoms with E-state index >= 15 is 0 Å². The van der Waals surface area contributed by atoms with Gasteiger partial charge in [0.2, 0.25) is 0 Å². The summed E-state index contributed by atoms with van der Waals surface area (Å²) >= 11 is 0. The van der Waals surface area contributed by atoms with Gasteiger partial charge in [-0.1, -0.05) is 6.07 Å². The lowest BCUT2D eigenvalue weighted by molar-refractivity contribution is 0.388. The van der Waals surface area contributed by atoms with Gasteiger partial charge in [-0.15, -0.1) is 0 Å². The Bertz CT molecular complexity index is 380. The molecule has 1 aromatic carbocycles. The van der Waals surface area contributed by atoms with Crippen molar-refractivity contribution in [1.29, 1.82) is 0 Å². The van der Waals surface area contributed by atoms with Gasteiger partial charge in [-0.2, -0.15) is 0 Å². The average Bonchev–Trinajstić information content (AvgIpc) is 2.88. The number of hydrogen-bond acceptors (Lipinski definition) is 2. The van der Waals surface area contributed by atoms with Crippen LogP contribution in [0.2, 0.25) is 0 Å². The van der Waals surface area contributed by atoms with Gasteiger partial charge in [-0.3, -0.25) is 0 Å². The lowest BCUT2D eigenvalue weighted by Crippen LogP contribution is -2.34. The highest BCUT2D eigenvalue weighted by atomic mass is 16.5. The van der Waals surface area contributed by atoms with Crippen molar-refractivity contribution in [3.63, 3.8) is 0 Å². The molecule has 0 saturated carbocycles. The normalized spacial score (nSPS) is 28.3. The summed E-state index contributed by atoms with van der Waals surface area (Å²) in [5.74, 6) is 0.990. The molecule has 1 spiro atoms. The number of fused-ring (bicyclic) bond motifs is 2. The van der Waals surface area contributed by atoms with Crippen molar-refractivity contribution in [1.82, 2.24) is 5.32 Å². The van der Waals surface area contributed by atoms with Gasteiger partial charge in [0.05, 0.1) is 7.11 Å². The highest BCUT2D eigenvalue weighted by Crippen LogP contribution is 2.43. The van der Waals surface area contributed by atoms with Crippen LogP contribution in [-0.2, 0) is 12.0 Å². The molecule has 0 radical (unpaired) electrons. The fraction of sp³-hybridized carbons (Fsp3) is 0.538. The van der Waals surface area contributed by atoms with E-state index < -0.39 is 0 Å². The van der Waals surface area contributed by atoms with Crippen molar-refractivity contribution in [2.75, 3.05) is 13.7 Å². The minimum absolute atomic E-state index is 0.307. The molecule has 1 atom stereocenters. The van der Waals surface area contributed by atoms with Crippen molar-refractivity contribution in [2.24, 2.45) is 0 Å². The van der Waals surface area contributed by atoms with Crippen molar-refractivity contribution < 1.29 is 4.74 Å². The smallest absolute Gasteiger partial charge is 0.119 e. The van der Waals surface area contributed by atoms with Crippen LogP contribution in [0.5, 0.6) is 5.75 Å². The number of rotatable bonds is 1. The summed E-state index contributed by atoms with van der Waals surface area (Å²) in [6, 6.07) is 6.54. The van der Waals surface area contributed by atoms with Crippen molar-refractivity contribution in [3.05, 3.63) is 29.3 Å². The van der Waals surface area contributed by atoms with Crippen molar-refractivity contribution in [2.45, 2.75) is 31.2 Å². The van der Waals surface area contributed by atoms with E-state index in [0.717, 1.165) is 5.75 Å². The standard InChI is InChI=1S/C13H17NO/c1-15-11-3-4-12-10(9-11)5-7-13(12)6-2-8-14-13/h3-4,9,14H,2,5-8H2,1H3/t13-/m1/s1. The van der Waals surface area contributed by atoms with Gasteiger partial charge in [-0.25, -0.2) is 0 Å². The third kappa shape index (κ3) is 1.28. The Kier molecular flexibility index (Phi) is 1.99. The van der Waals surface area contributed by atoms with E-state index in [0.29, 0.717) is 5.54 Å². The van der Waals surface area contributed by atoms with Gasteiger partial charge in [0.1, 0.15) is 5.75 Å². The fourth-order valence-electron chi connectivity index (χ4n) is 3.10. The number of nitrogens with one attached hydrogen (secondary N) is 1. The van der Waals surface area contributed by atoms with E-state index in [2.05, 4.69) is 23.5 Å². The summed E-state index contributed by atoms with van der Waals surface area (Å²) in [5.41, 5.74) is 3.30. The van der Waals surface area contributed by atoms with Crippen LogP contribution in [0.1, 0.15) is 30.4 Å². The minimum atomic E-state index is 0.307. The lowest BCUT2D eigenvalue weighted by atomic mass is 9.90. The predicted octanol–water partition coefficient (Wildman–Crippen LogP) is 2.22. The molecule has 1 N–H and O–H groups in total. The van der Waals surface area contributed by atoms with E-state index in [1.54, 1.807) is 7.11 Å². The van der Waals surface area contributed by atoms with Gasteiger partial charge in [0, 0.05) is 5.54 Å². The van der Waals surface area contributed by atoms with E-state index in [-0.39, 0.29) is 0 Å². The average molecular weight is 203 g/mol. The predicted molar refractivity (Wildman–Crippen MR) is 60.2 cm³/mol. The van der Waals surface area contributed by atoms with Crippen LogP contribution in [-0.4, -0.2) is 13.7 Å². The molecule has 1 saturated heterocycles. The fourth-order valence-corrected chi connectivity index (χ4v) is 3.10. The molecule has 3 rings (SSSR count). The Morgan fingerprint density at radius 1 is 1.33 bits per heavy atom. The largest absolute Gasteiger partial charge is 0.497 e. The van der Waals surface area contributed by atoms with Crippen LogP contribution in [0.15, 0.2) is 18.2 Å². The maximum absolute atomic E-state index is 5.27. The summed E-state index contributed by atoms with van der Waals surface area (Å²) < 4.78 is 5.27. The number of ether oxygens (including phenoxy) is 1. The Balaban J connectivity index is 2.03. The van der Waals surface area contributed by atoms with Gasteiger partial charge in [0.25, 0.3) is 0 Å². The number of methoxy groups -OCH3 is 1. The Morgan fingerprint density at radius 3 is 3.00 bits per heavy atom. The summed E-state index contributed by atoms with van der Waals surface area (Å²) in [4.78, 5) is 0. The summed E-state index contributed by atoms with van der Waals surface area (Å²) in [7, 11) is 1.74. The van der Waals surface area contributed by atoms with Crippen LogP contribution in [0.3, 0.4) is 0 Å². The monoisotopic (exact) mass is 203 g/mol. The number of aryl methyl sites for hydroxylation is 1. The molecule has 1 aliphatic carbocycles. The Hall–Kier alpha value is -1.02. The summed E-state index contributed by atoms with van der Waals surface area (Å²) in [6.45, 7) is 1.17. The second-order valence-electron chi connectivity index (χ2n) is 4.64. The first kappa shape index (κ1) is 9.22. The van der Waals surface area contributed by atoms with Crippen LogP contribution in [0.25, 0.3) is 0 Å². The zero-order chi connectivity index (χ0) is 10.3. The maximum atomic E-state index is 5.27. The topological polar surface area (TPSA) is 21.3 Å². The molecule has 2 nitrogen and oxygen atoms in total. The molecule has 0 unspecified atom stereocenters. The van der Waals surface area contributed by atoms with E-state index in [4.69, 9.17) is 4.74 Å². The van der Waals surface area contributed by atoms with E-state index in [9.17, 15) is 0 Å². The zero-order valence-corrected chi connectivity index (χ0v) is 9.18. The van der Waals surface area contributed by atoms with Crippen LogP contribution < -0.4 is 10.1 Å². The lowest BCUT2D eigenvalue weighted by Gasteiger charge is -2.25. The maximum Gasteiger partial charge on any atom is 0.119 e. The van der Waals surface area contributed by atoms with Crippen LogP contribution in [0.4, 0.5) is 0 Å². The number of hydrogen-bond donors (Lipinski definition) is 1. The summed E-state index contributed by atoms with van der Waals surface area (Å²) in [5, 5.41) is 3.68. The second-order valence-corrected chi connectivity index (χ2v) is 4.64. The SMILES string of the molecule is COc1ccc2c(c1)CC[C@]21CCCN1.